The fraction of sp³-hybridized carbons (Fsp3) is 0.167. The summed E-state index contributed by atoms with van der Waals surface area (Å²) in [6, 6.07) is 4.91. The molecule has 20 heavy (non-hydrogen) atoms. The van der Waals surface area contributed by atoms with Gasteiger partial charge in [0.1, 0.15) is 16.6 Å². The summed E-state index contributed by atoms with van der Waals surface area (Å²) in [5.74, 6) is 0. The van der Waals surface area contributed by atoms with E-state index >= 15 is 0 Å². The highest BCUT2D eigenvalue weighted by Crippen LogP contribution is 2.36. The van der Waals surface area contributed by atoms with Crippen molar-refractivity contribution >= 4 is 33.8 Å². The van der Waals surface area contributed by atoms with Gasteiger partial charge in [-0.2, -0.15) is 22.8 Å². The molecule has 0 spiro atoms. The zero-order valence-electron chi connectivity index (χ0n) is 10.0. The highest BCUT2D eigenvalue weighted by Gasteiger charge is 2.31. The zero-order chi connectivity index (χ0) is 14.9. The third kappa shape index (κ3) is 2.86. The Morgan fingerprint density at radius 1 is 1.40 bits per heavy atom. The zero-order valence-corrected chi connectivity index (χ0v) is 11.6. The summed E-state index contributed by atoms with van der Waals surface area (Å²) in [4.78, 5) is 0. The largest absolute Gasteiger partial charge is 0.416 e. The van der Waals surface area contributed by atoms with Crippen LogP contribution in [0.2, 0.25) is 5.02 Å². The van der Waals surface area contributed by atoms with E-state index in [0.717, 1.165) is 29.7 Å². The van der Waals surface area contributed by atoms with Gasteiger partial charge in [0.05, 0.1) is 22.0 Å². The number of anilines is 2. The van der Waals surface area contributed by atoms with Crippen molar-refractivity contribution in [2.45, 2.75) is 13.1 Å². The van der Waals surface area contributed by atoms with Crippen molar-refractivity contribution in [3.63, 3.8) is 0 Å². The van der Waals surface area contributed by atoms with Gasteiger partial charge < -0.3 is 5.32 Å². The van der Waals surface area contributed by atoms with E-state index in [1.54, 1.807) is 6.92 Å². The van der Waals surface area contributed by atoms with E-state index in [9.17, 15) is 13.2 Å². The molecule has 0 aliphatic carbocycles. The number of rotatable bonds is 2. The van der Waals surface area contributed by atoms with Crippen molar-refractivity contribution < 1.29 is 13.2 Å². The minimum atomic E-state index is -4.46. The minimum absolute atomic E-state index is 0.0849. The summed E-state index contributed by atoms with van der Waals surface area (Å²) in [7, 11) is 0. The Hall–Kier alpha value is -1.78. The minimum Gasteiger partial charge on any atom is -0.344 e. The van der Waals surface area contributed by atoms with Gasteiger partial charge in [-0.3, -0.25) is 0 Å². The molecule has 3 nitrogen and oxygen atoms in total. The van der Waals surface area contributed by atoms with Crippen molar-refractivity contribution in [1.82, 2.24) is 4.37 Å². The monoisotopic (exact) mass is 317 g/mol. The van der Waals surface area contributed by atoms with E-state index in [0.29, 0.717) is 16.3 Å². The van der Waals surface area contributed by atoms with Crippen LogP contribution in [0.5, 0.6) is 0 Å². The number of hydrogen-bond acceptors (Lipinski definition) is 4. The van der Waals surface area contributed by atoms with Gasteiger partial charge in [0.25, 0.3) is 0 Å². The molecule has 0 fully saturated rings. The predicted octanol–water partition coefficient (Wildman–Crippen LogP) is 4.74. The Balaban J connectivity index is 2.41. The average Bonchev–Trinajstić information content (AvgIpc) is 2.71. The molecule has 0 saturated carbocycles. The molecule has 0 unspecified atom stereocenters. The van der Waals surface area contributed by atoms with Gasteiger partial charge in [-0.05, 0) is 36.7 Å². The van der Waals surface area contributed by atoms with Crippen LogP contribution < -0.4 is 5.32 Å². The van der Waals surface area contributed by atoms with Crippen molar-refractivity contribution in [3.8, 4) is 6.07 Å². The maximum atomic E-state index is 12.7. The lowest BCUT2D eigenvalue weighted by molar-refractivity contribution is -0.137. The van der Waals surface area contributed by atoms with E-state index in [1.165, 1.54) is 0 Å². The molecule has 0 aliphatic rings. The molecule has 0 atom stereocenters. The molecule has 1 aromatic heterocycles. The van der Waals surface area contributed by atoms with E-state index in [2.05, 4.69) is 9.69 Å². The van der Waals surface area contributed by atoms with Gasteiger partial charge >= 0.3 is 6.18 Å². The van der Waals surface area contributed by atoms with E-state index < -0.39 is 11.7 Å². The smallest absolute Gasteiger partial charge is 0.344 e. The first-order valence-corrected chi connectivity index (χ1v) is 6.48. The van der Waals surface area contributed by atoms with Crippen molar-refractivity contribution in [2.24, 2.45) is 0 Å². The summed E-state index contributed by atoms with van der Waals surface area (Å²) in [6.07, 6.45) is -4.46. The number of nitriles is 1. The highest BCUT2D eigenvalue weighted by molar-refractivity contribution is 7.10. The Morgan fingerprint density at radius 3 is 2.70 bits per heavy atom. The number of alkyl halides is 3. The van der Waals surface area contributed by atoms with Gasteiger partial charge in [-0.25, -0.2) is 0 Å². The van der Waals surface area contributed by atoms with Crippen LogP contribution in [0.4, 0.5) is 23.9 Å². The van der Waals surface area contributed by atoms with Crippen LogP contribution in [0.25, 0.3) is 0 Å². The van der Waals surface area contributed by atoms with E-state index in [1.807, 2.05) is 6.07 Å². The van der Waals surface area contributed by atoms with Gasteiger partial charge in [-0.1, -0.05) is 11.6 Å². The highest BCUT2D eigenvalue weighted by atomic mass is 35.5. The molecule has 2 rings (SSSR count). The van der Waals surface area contributed by atoms with Gasteiger partial charge in [0.15, 0.2) is 0 Å². The number of aromatic nitrogens is 1. The molecule has 0 bridgehead atoms. The summed E-state index contributed by atoms with van der Waals surface area (Å²) in [5.41, 5.74) is 0.0809. The van der Waals surface area contributed by atoms with E-state index in [4.69, 9.17) is 16.9 Å². The molecular formula is C12H7ClF3N3S. The quantitative estimate of drug-likeness (QED) is 0.870. The number of benzene rings is 1. The normalized spacial score (nSPS) is 11.2. The second-order valence-corrected chi connectivity index (χ2v) is 5.08. The first-order valence-electron chi connectivity index (χ1n) is 5.33. The summed E-state index contributed by atoms with van der Waals surface area (Å²) in [6.45, 7) is 1.65. The van der Waals surface area contributed by atoms with Crippen LogP contribution in [-0.2, 0) is 6.18 Å². The maximum Gasteiger partial charge on any atom is 0.416 e. The topological polar surface area (TPSA) is 48.7 Å². The Kier molecular flexibility index (Phi) is 3.88. The molecule has 1 N–H and O–H groups in total. The Morgan fingerprint density at radius 2 is 2.10 bits per heavy atom. The van der Waals surface area contributed by atoms with Crippen LogP contribution >= 0.6 is 23.1 Å². The summed E-state index contributed by atoms with van der Waals surface area (Å²) < 4.78 is 41.9. The molecule has 0 radical (unpaired) electrons. The van der Waals surface area contributed by atoms with Crippen molar-refractivity contribution in [3.05, 3.63) is 40.0 Å². The van der Waals surface area contributed by atoms with Gasteiger partial charge in [0, 0.05) is 0 Å². The number of nitrogens with zero attached hydrogens (tertiary/aromatic N) is 2. The van der Waals surface area contributed by atoms with Gasteiger partial charge in [-0.15, -0.1) is 0 Å². The Bertz CT molecular complexity index is 688. The molecule has 0 saturated heterocycles. The second kappa shape index (κ2) is 5.31. The molecule has 0 aliphatic heterocycles. The number of halogens is 4. The number of aryl methyl sites for hydroxylation is 1. The molecule has 8 heteroatoms. The van der Waals surface area contributed by atoms with Gasteiger partial charge in [0.2, 0.25) is 0 Å². The van der Waals surface area contributed by atoms with Crippen LogP contribution in [0.1, 0.15) is 16.8 Å². The maximum absolute atomic E-state index is 12.7. The molecule has 1 aromatic carbocycles. The lowest BCUT2D eigenvalue weighted by Gasteiger charge is -2.11. The van der Waals surface area contributed by atoms with Crippen LogP contribution in [0.3, 0.4) is 0 Å². The first-order chi connectivity index (χ1) is 9.32. The van der Waals surface area contributed by atoms with E-state index in [-0.39, 0.29) is 10.7 Å². The summed E-state index contributed by atoms with van der Waals surface area (Å²) >= 11 is 6.86. The molecule has 2 aromatic rings. The third-order valence-corrected chi connectivity index (χ3v) is 3.70. The fourth-order valence-corrected chi connectivity index (χ4v) is 2.43. The lowest BCUT2D eigenvalue weighted by Crippen LogP contribution is -2.05. The number of hydrogen-bond donors (Lipinski definition) is 1. The standard InChI is InChI=1S/C12H7ClF3N3S/c1-6-8(5-17)11(20-19-6)18-10-4-7(12(14,15)16)2-3-9(10)13/h2-4,18H,1H3. The first kappa shape index (κ1) is 14.6. The predicted molar refractivity (Wildman–Crippen MR) is 71.3 cm³/mol. The SMILES string of the molecule is Cc1nsc(Nc2cc(C(F)(F)F)ccc2Cl)c1C#N. The molecule has 1 heterocycles. The van der Waals surface area contributed by atoms with Crippen LogP contribution in [0, 0.1) is 18.3 Å². The van der Waals surface area contributed by atoms with Crippen LogP contribution in [-0.4, -0.2) is 4.37 Å². The Labute approximate surface area is 121 Å². The second-order valence-electron chi connectivity index (χ2n) is 3.90. The lowest BCUT2D eigenvalue weighted by atomic mass is 10.2. The molecule has 0 amide bonds. The van der Waals surface area contributed by atoms with Crippen molar-refractivity contribution in [2.75, 3.05) is 5.32 Å². The molecular weight excluding hydrogens is 311 g/mol. The number of nitrogens with one attached hydrogen (secondary N) is 1. The van der Waals surface area contributed by atoms with Crippen molar-refractivity contribution in [1.29, 1.82) is 5.26 Å². The van der Waals surface area contributed by atoms with Crippen LogP contribution in [0.15, 0.2) is 18.2 Å². The molecule has 104 valence electrons. The summed E-state index contributed by atoms with van der Waals surface area (Å²) in [5, 5.41) is 12.2. The fourth-order valence-electron chi connectivity index (χ4n) is 1.51. The third-order valence-electron chi connectivity index (χ3n) is 2.52. The average molecular weight is 318 g/mol.